The molecule has 1 heterocycles. The van der Waals surface area contributed by atoms with Gasteiger partial charge in [-0.3, -0.25) is 4.79 Å². The highest BCUT2D eigenvalue weighted by atomic mass is 79.9. The van der Waals surface area contributed by atoms with Crippen LogP contribution in [-0.2, 0) is 0 Å². The van der Waals surface area contributed by atoms with Crippen LogP contribution in [0.3, 0.4) is 0 Å². The molecule has 0 radical (unpaired) electrons. The molecule has 0 spiro atoms. The molecule has 4 aromatic carbocycles. The maximum absolute atomic E-state index is 13.3. The summed E-state index contributed by atoms with van der Waals surface area (Å²) in [6.45, 7) is 0. The van der Waals surface area contributed by atoms with E-state index in [4.69, 9.17) is 16.3 Å². The first-order valence-corrected chi connectivity index (χ1v) is 14.2. The number of nitrogens with zero attached hydrogens (tertiary/aromatic N) is 1. The Labute approximate surface area is 253 Å². The molecule has 5 rings (SSSR count). The third-order valence-corrected chi connectivity index (χ3v) is 7.81. The molecule has 1 amide bonds. The number of aromatic nitrogens is 1. The van der Waals surface area contributed by atoms with Gasteiger partial charge in [0.15, 0.2) is 5.75 Å². The minimum Gasteiger partial charge on any atom is -0.421 e. The van der Waals surface area contributed by atoms with E-state index in [1.54, 1.807) is 36.4 Å². The average Bonchev–Trinajstić information content (AvgIpc) is 3.32. The number of para-hydroxylation sites is 1. The number of fused-ring (bicyclic) bond motifs is 1. The van der Waals surface area contributed by atoms with E-state index >= 15 is 0 Å². The van der Waals surface area contributed by atoms with Gasteiger partial charge >= 0.3 is 5.97 Å². The summed E-state index contributed by atoms with van der Waals surface area (Å²) in [4.78, 5) is 29.4. The second-order valence-electron chi connectivity index (χ2n) is 8.28. The van der Waals surface area contributed by atoms with Gasteiger partial charge in [0.2, 0.25) is 0 Å². The van der Waals surface area contributed by atoms with Gasteiger partial charge in [-0.2, -0.15) is 5.10 Å². The molecule has 5 aromatic rings. The Balaban J connectivity index is 1.45. The first-order chi connectivity index (χ1) is 18.8. The fourth-order valence-electron chi connectivity index (χ4n) is 4.03. The summed E-state index contributed by atoms with van der Waals surface area (Å²) in [5.74, 6) is -0.837. The van der Waals surface area contributed by atoms with Gasteiger partial charge in [0.05, 0.1) is 26.8 Å². The normalized spacial score (nSPS) is 11.2. The summed E-state index contributed by atoms with van der Waals surface area (Å²) in [6, 6.07) is 25.5. The zero-order valence-corrected chi connectivity index (χ0v) is 25.4. The first kappa shape index (κ1) is 27.3. The summed E-state index contributed by atoms with van der Waals surface area (Å²) in [6.07, 6.45) is 1.41. The second-order valence-corrected chi connectivity index (χ2v) is 11.3. The molecule has 0 aliphatic heterocycles. The lowest BCUT2D eigenvalue weighted by atomic mass is 10.0. The van der Waals surface area contributed by atoms with E-state index in [-0.39, 0.29) is 16.3 Å². The number of aromatic amines is 1. The van der Waals surface area contributed by atoms with Gasteiger partial charge in [-0.1, -0.05) is 82.1 Å². The van der Waals surface area contributed by atoms with Crippen LogP contribution in [0.15, 0.2) is 103 Å². The van der Waals surface area contributed by atoms with Crippen LogP contribution in [-0.4, -0.2) is 23.1 Å². The third kappa shape index (κ3) is 5.86. The van der Waals surface area contributed by atoms with E-state index in [9.17, 15) is 9.59 Å². The molecule has 6 nitrogen and oxygen atoms in total. The fourth-order valence-corrected chi connectivity index (χ4v) is 6.05. The van der Waals surface area contributed by atoms with Crippen molar-refractivity contribution in [2.45, 2.75) is 0 Å². The molecule has 0 bridgehead atoms. The van der Waals surface area contributed by atoms with Crippen molar-refractivity contribution in [3.8, 4) is 16.9 Å². The lowest BCUT2D eigenvalue weighted by Crippen LogP contribution is -2.19. The molecule has 0 aliphatic rings. The Hall–Kier alpha value is -3.24. The lowest BCUT2D eigenvalue weighted by Gasteiger charge is -2.11. The summed E-state index contributed by atoms with van der Waals surface area (Å²) >= 11 is 16.6. The number of hydrazone groups is 1. The third-order valence-electron chi connectivity index (χ3n) is 5.77. The molecule has 0 unspecified atom stereocenters. The molecule has 10 heteroatoms. The van der Waals surface area contributed by atoms with Gasteiger partial charge in [-0.15, -0.1) is 0 Å². The molecule has 39 heavy (non-hydrogen) atoms. The highest BCUT2D eigenvalue weighted by Crippen LogP contribution is 2.36. The van der Waals surface area contributed by atoms with Crippen LogP contribution in [0.1, 0.15) is 26.4 Å². The largest absolute Gasteiger partial charge is 0.421 e. The average molecular weight is 731 g/mol. The number of H-pyrrole nitrogens is 1. The van der Waals surface area contributed by atoms with Gasteiger partial charge in [0.25, 0.3) is 5.91 Å². The summed E-state index contributed by atoms with van der Waals surface area (Å²) in [5.41, 5.74) is 6.08. The number of halogens is 4. The lowest BCUT2D eigenvalue weighted by molar-refractivity contribution is 0.0733. The number of carbonyl (C=O) groups excluding carboxylic acids is 2. The molecular formula is C29H17Br3ClN3O3. The predicted octanol–water partition coefficient (Wildman–Crippen LogP) is 8.76. The van der Waals surface area contributed by atoms with Crippen LogP contribution in [0, 0.1) is 0 Å². The van der Waals surface area contributed by atoms with Crippen LogP contribution in [0.4, 0.5) is 0 Å². The number of carbonyl (C=O) groups is 2. The number of nitrogens with one attached hydrogen (secondary N) is 2. The predicted molar refractivity (Wildman–Crippen MR) is 165 cm³/mol. The Morgan fingerprint density at radius 1 is 0.897 bits per heavy atom. The maximum Gasteiger partial charge on any atom is 0.345 e. The van der Waals surface area contributed by atoms with Crippen molar-refractivity contribution in [1.82, 2.24) is 10.4 Å². The quantitative estimate of drug-likeness (QED) is 0.0794. The van der Waals surface area contributed by atoms with Crippen molar-refractivity contribution < 1.29 is 14.3 Å². The van der Waals surface area contributed by atoms with Crippen LogP contribution in [0.2, 0.25) is 5.02 Å². The highest BCUT2D eigenvalue weighted by molar-refractivity contribution is 9.11. The Bertz CT molecular complexity index is 1750. The molecule has 0 saturated heterocycles. The minimum absolute atomic E-state index is 0.223. The monoisotopic (exact) mass is 727 g/mol. The molecule has 1 aromatic heterocycles. The van der Waals surface area contributed by atoms with Crippen LogP contribution >= 0.6 is 59.4 Å². The van der Waals surface area contributed by atoms with Crippen molar-refractivity contribution in [3.05, 3.63) is 120 Å². The van der Waals surface area contributed by atoms with E-state index in [0.29, 0.717) is 20.2 Å². The van der Waals surface area contributed by atoms with E-state index in [1.807, 2.05) is 48.5 Å². The van der Waals surface area contributed by atoms with Crippen LogP contribution < -0.4 is 10.2 Å². The molecule has 0 aliphatic carbocycles. The number of hydrogen-bond donors (Lipinski definition) is 2. The van der Waals surface area contributed by atoms with Crippen LogP contribution in [0.5, 0.6) is 5.75 Å². The molecular weight excluding hydrogens is 714 g/mol. The van der Waals surface area contributed by atoms with Crippen molar-refractivity contribution in [1.29, 1.82) is 0 Å². The van der Waals surface area contributed by atoms with E-state index in [0.717, 1.165) is 26.5 Å². The first-order valence-electron chi connectivity index (χ1n) is 11.5. The summed E-state index contributed by atoms with van der Waals surface area (Å²) in [5, 5.41) is 5.34. The summed E-state index contributed by atoms with van der Waals surface area (Å²) < 4.78 is 7.73. The molecule has 194 valence electrons. The number of amides is 1. The van der Waals surface area contributed by atoms with E-state index in [1.165, 1.54) is 6.21 Å². The topological polar surface area (TPSA) is 83.5 Å². The van der Waals surface area contributed by atoms with Gasteiger partial charge in [0, 0.05) is 25.5 Å². The van der Waals surface area contributed by atoms with Crippen molar-refractivity contribution in [2.75, 3.05) is 0 Å². The smallest absolute Gasteiger partial charge is 0.345 e. The minimum atomic E-state index is -0.626. The van der Waals surface area contributed by atoms with Crippen molar-refractivity contribution in [2.24, 2.45) is 5.10 Å². The zero-order valence-electron chi connectivity index (χ0n) is 19.8. The van der Waals surface area contributed by atoms with Gasteiger partial charge in [0.1, 0.15) is 5.69 Å². The summed E-state index contributed by atoms with van der Waals surface area (Å²) in [7, 11) is 0. The zero-order chi connectivity index (χ0) is 27.5. The Morgan fingerprint density at radius 2 is 1.64 bits per heavy atom. The SMILES string of the molecule is O=C(Oc1c(Br)cc(Br)cc1C=NNC(=O)c1[nH]c2c(Br)cccc2c1-c1ccccc1)c1ccccc1Cl. The van der Waals surface area contributed by atoms with E-state index < -0.39 is 11.9 Å². The van der Waals surface area contributed by atoms with E-state index in [2.05, 4.69) is 63.3 Å². The fraction of sp³-hybridized carbons (Fsp3) is 0. The van der Waals surface area contributed by atoms with Gasteiger partial charge in [-0.25, -0.2) is 10.2 Å². The molecule has 2 N–H and O–H groups in total. The van der Waals surface area contributed by atoms with Crippen molar-refractivity contribution in [3.63, 3.8) is 0 Å². The number of hydrogen-bond acceptors (Lipinski definition) is 4. The van der Waals surface area contributed by atoms with Crippen LogP contribution in [0.25, 0.3) is 22.0 Å². The Morgan fingerprint density at radius 3 is 2.41 bits per heavy atom. The number of esters is 1. The molecule has 0 fully saturated rings. The van der Waals surface area contributed by atoms with Crippen molar-refractivity contribution >= 4 is 88.4 Å². The van der Waals surface area contributed by atoms with Gasteiger partial charge in [-0.05, 0) is 67.8 Å². The molecule has 0 saturated carbocycles. The number of benzene rings is 4. The standard InChI is InChI=1S/C29H17Br3ClN3O3/c30-18-13-17(27(22(32)14-18)39-29(38)19-9-4-5-12-23(19)33)15-34-36-28(37)26-24(16-7-2-1-3-8-16)20-10-6-11-21(31)25(20)35-26/h1-15,35H,(H,36,37). The maximum atomic E-state index is 13.3. The Kier molecular flexibility index (Phi) is 8.32. The number of rotatable bonds is 6. The highest BCUT2D eigenvalue weighted by Gasteiger charge is 2.21. The van der Waals surface area contributed by atoms with Gasteiger partial charge < -0.3 is 9.72 Å². The molecule has 0 atom stereocenters. The number of ether oxygens (including phenoxy) is 1. The second kappa shape index (κ2) is 11.9.